The predicted molar refractivity (Wildman–Crippen MR) is 120 cm³/mol. The first-order valence-corrected chi connectivity index (χ1v) is 10.5. The number of carbonyl (C=O) groups is 1. The normalized spacial score (nSPS) is 17.8. The number of H-pyrrole nitrogens is 1. The molecule has 1 aliphatic carbocycles. The number of nitrogens with zero attached hydrogens (tertiary/aromatic N) is 2. The maximum Gasteiger partial charge on any atom is 0.255 e. The number of ether oxygens (including phenoxy) is 2. The van der Waals surface area contributed by atoms with Crippen molar-refractivity contribution in [1.29, 1.82) is 0 Å². The van der Waals surface area contributed by atoms with Gasteiger partial charge in [-0.05, 0) is 37.8 Å². The Balaban J connectivity index is 0.00000245. The van der Waals surface area contributed by atoms with Crippen molar-refractivity contribution in [1.82, 2.24) is 25.6 Å². The summed E-state index contributed by atoms with van der Waals surface area (Å²) >= 11 is 0. The zero-order valence-electron chi connectivity index (χ0n) is 17.6. The second-order valence-electron chi connectivity index (χ2n) is 8.05. The van der Waals surface area contributed by atoms with E-state index in [1.807, 2.05) is 0 Å². The fourth-order valence-electron chi connectivity index (χ4n) is 3.85. The monoisotopic (exact) mass is 461 g/mol. The Morgan fingerprint density at radius 2 is 2.09 bits per heavy atom. The van der Waals surface area contributed by atoms with E-state index < -0.39 is 5.82 Å². The molecule has 170 valence electrons. The number of rotatable bonds is 7. The third-order valence-electron chi connectivity index (χ3n) is 5.78. The summed E-state index contributed by atoms with van der Waals surface area (Å²) in [7, 11) is 1.42. The lowest BCUT2D eigenvalue weighted by Crippen LogP contribution is -2.36. The molecule has 2 aliphatic rings. The van der Waals surface area contributed by atoms with Gasteiger partial charge in [-0.25, -0.2) is 14.4 Å². The molecular weight excluding hydrogens is 437 g/mol. The van der Waals surface area contributed by atoms with E-state index in [-0.39, 0.29) is 30.1 Å². The number of carbonyl (C=O) groups excluding carboxylic acids is 1. The number of hydrogen-bond donors (Lipinski definition) is 3. The van der Waals surface area contributed by atoms with Crippen LogP contribution in [0.25, 0.3) is 22.3 Å². The number of halogens is 2. The van der Waals surface area contributed by atoms with Crippen LogP contribution in [0.2, 0.25) is 0 Å². The number of aromatic nitrogens is 3. The van der Waals surface area contributed by atoms with Crippen molar-refractivity contribution in [3.8, 4) is 22.8 Å². The lowest BCUT2D eigenvalue weighted by atomic mass is 10.1. The average Bonchev–Trinajstić information content (AvgIpc) is 3.27. The molecule has 2 aromatic heterocycles. The van der Waals surface area contributed by atoms with Gasteiger partial charge in [-0.2, -0.15) is 0 Å². The molecule has 0 bridgehead atoms. The zero-order chi connectivity index (χ0) is 21.4. The fraction of sp³-hybridized carbons (Fsp3) is 0.409. The topological polar surface area (TPSA) is 101 Å². The number of methoxy groups -OCH3 is 1. The minimum absolute atomic E-state index is 0. The van der Waals surface area contributed by atoms with E-state index in [0.717, 1.165) is 32.4 Å². The van der Waals surface area contributed by atoms with Crippen molar-refractivity contribution in [2.24, 2.45) is 5.92 Å². The van der Waals surface area contributed by atoms with Gasteiger partial charge in [0.2, 0.25) is 0 Å². The highest BCUT2D eigenvalue weighted by Crippen LogP contribution is 2.39. The first kappa shape index (κ1) is 22.3. The third kappa shape index (κ3) is 4.35. The van der Waals surface area contributed by atoms with Crippen molar-refractivity contribution in [3.63, 3.8) is 0 Å². The SMILES string of the molecule is COc1cc(OCC2CC2)c(-c2ncnc3c(C(=O)N[C@@H]4CCNC4)c[nH]c23)cc1F.Cl. The van der Waals surface area contributed by atoms with Crippen LogP contribution in [0.3, 0.4) is 0 Å². The summed E-state index contributed by atoms with van der Waals surface area (Å²) in [6, 6.07) is 3.00. The van der Waals surface area contributed by atoms with Crippen molar-refractivity contribution in [3.05, 3.63) is 36.0 Å². The largest absolute Gasteiger partial charge is 0.494 e. The molecule has 5 rings (SSSR count). The van der Waals surface area contributed by atoms with Crippen LogP contribution >= 0.6 is 12.4 Å². The van der Waals surface area contributed by atoms with Crippen LogP contribution in [0.15, 0.2) is 24.7 Å². The lowest BCUT2D eigenvalue weighted by molar-refractivity contribution is 0.0941. The van der Waals surface area contributed by atoms with Crippen LogP contribution in [0.4, 0.5) is 4.39 Å². The maximum atomic E-state index is 14.6. The minimum atomic E-state index is -0.513. The van der Waals surface area contributed by atoms with Gasteiger partial charge in [0.05, 0.1) is 24.8 Å². The lowest BCUT2D eigenvalue weighted by Gasteiger charge is -2.14. The predicted octanol–water partition coefficient (Wildman–Crippen LogP) is 3.07. The highest BCUT2D eigenvalue weighted by Gasteiger charge is 2.25. The fourth-order valence-corrected chi connectivity index (χ4v) is 3.85. The van der Waals surface area contributed by atoms with Crippen molar-refractivity contribution < 1.29 is 18.7 Å². The number of benzene rings is 1. The summed E-state index contributed by atoms with van der Waals surface area (Å²) in [5.41, 5.74) is 2.43. The first-order valence-electron chi connectivity index (χ1n) is 10.5. The zero-order valence-corrected chi connectivity index (χ0v) is 18.4. The summed E-state index contributed by atoms with van der Waals surface area (Å²) in [5, 5.41) is 6.25. The third-order valence-corrected chi connectivity index (χ3v) is 5.78. The molecule has 32 heavy (non-hydrogen) atoms. The quantitative estimate of drug-likeness (QED) is 0.500. The molecule has 1 aliphatic heterocycles. The second kappa shape index (κ2) is 9.30. The van der Waals surface area contributed by atoms with Crippen LogP contribution in [0, 0.1) is 11.7 Å². The standard InChI is InChI=1S/C22H24FN5O3.ClH/c1-30-18-7-17(31-10-12-2-3-12)14(6-16(18)23)19-21-20(27-11-26-19)15(9-25-21)22(29)28-13-4-5-24-8-13;/h6-7,9,11-13,24-25H,2-5,8,10H2,1H3,(H,28,29);1H/t13-;/m1./s1. The summed E-state index contributed by atoms with van der Waals surface area (Å²) in [6.07, 6.45) is 6.16. The van der Waals surface area contributed by atoms with Gasteiger partial charge in [0, 0.05) is 30.4 Å². The van der Waals surface area contributed by atoms with E-state index in [2.05, 4.69) is 25.6 Å². The molecule has 1 aromatic carbocycles. The molecule has 1 atom stereocenters. The van der Waals surface area contributed by atoms with Crippen molar-refractivity contribution in [2.45, 2.75) is 25.3 Å². The summed E-state index contributed by atoms with van der Waals surface area (Å²) in [4.78, 5) is 24.6. The second-order valence-corrected chi connectivity index (χ2v) is 8.05. The molecule has 8 nitrogen and oxygen atoms in total. The molecule has 2 fully saturated rings. The summed E-state index contributed by atoms with van der Waals surface area (Å²) in [5.74, 6) is 0.413. The van der Waals surface area contributed by atoms with Crippen molar-refractivity contribution >= 4 is 29.3 Å². The van der Waals surface area contributed by atoms with Crippen LogP contribution in [-0.2, 0) is 0 Å². The van der Waals surface area contributed by atoms with E-state index in [4.69, 9.17) is 9.47 Å². The Kier molecular flexibility index (Phi) is 6.48. The molecule has 10 heteroatoms. The number of fused-ring (bicyclic) bond motifs is 1. The number of hydrogen-bond acceptors (Lipinski definition) is 6. The average molecular weight is 462 g/mol. The Hall–Kier alpha value is -2.91. The van der Waals surface area contributed by atoms with Gasteiger partial charge in [-0.3, -0.25) is 4.79 Å². The van der Waals surface area contributed by atoms with E-state index in [0.29, 0.717) is 46.1 Å². The molecule has 0 radical (unpaired) electrons. The highest BCUT2D eigenvalue weighted by molar-refractivity contribution is 6.08. The van der Waals surface area contributed by atoms with Gasteiger partial charge < -0.3 is 25.1 Å². The molecule has 1 amide bonds. The first-order chi connectivity index (χ1) is 15.1. The van der Waals surface area contributed by atoms with Gasteiger partial charge in [0.25, 0.3) is 5.91 Å². The molecule has 1 saturated heterocycles. The minimum Gasteiger partial charge on any atom is -0.494 e. The van der Waals surface area contributed by atoms with Crippen LogP contribution in [0.1, 0.15) is 29.6 Å². The van der Waals surface area contributed by atoms with E-state index >= 15 is 0 Å². The molecule has 3 N–H and O–H groups in total. The molecule has 0 spiro atoms. The van der Waals surface area contributed by atoms with Gasteiger partial charge in [-0.15, -0.1) is 12.4 Å². The van der Waals surface area contributed by atoms with Crippen LogP contribution < -0.4 is 20.1 Å². The molecule has 0 unspecified atom stereocenters. The number of nitrogens with one attached hydrogen (secondary N) is 3. The Morgan fingerprint density at radius 3 is 2.81 bits per heavy atom. The summed E-state index contributed by atoms with van der Waals surface area (Å²) < 4.78 is 25.7. The van der Waals surface area contributed by atoms with Gasteiger partial charge in [-0.1, -0.05) is 0 Å². The van der Waals surface area contributed by atoms with Gasteiger partial charge >= 0.3 is 0 Å². The Morgan fingerprint density at radius 1 is 1.25 bits per heavy atom. The smallest absolute Gasteiger partial charge is 0.255 e. The van der Waals surface area contributed by atoms with E-state index in [9.17, 15) is 9.18 Å². The number of aromatic amines is 1. The van der Waals surface area contributed by atoms with Crippen LogP contribution in [0.5, 0.6) is 11.5 Å². The van der Waals surface area contributed by atoms with Gasteiger partial charge in [0.15, 0.2) is 11.6 Å². The van der Waals surface area contributed by atoms with Crippen LogP contribution in [-0.4, -0.2) is 53.7 Å². The molecule has 3 aromatic rings. The summed E-state index contributed by atoms with van der Waals surface area (Å²) in [6.45, 7) is 2.20. The molecular formula is C22H25ClFN5O3. The maximum absolute atomic E-state index is 14.6. The van der Waals surface area contributed by atoms with Gasteiger partial charge in [0.1, 0.15) is 23.3 Å². The van der Waals surface area contributed by atoms with E-state index in [1.54, 1.807) is 12.3 Å². The highest BCUT2D eigenvalue weighted by atomic mass is 35.5. The molecule has 1 saturated carbocycles. The van der Waals surface area contributed by atoms with E-state index in [1.165, 1.54) is 19.5 Å². The Labute approximate surface area is 190 Å². The molecule has 3 heterocycles. The Bertz CT molecular complexity index is 1130. The van der Waals surface area contributed by atoms with Crippen molar-refractivity contribution in [2.75, 3.05) is 26.8 Å². The number of amides is 1.